The maximum absolute atomic E-state index is 11.6. The molecule has 19 heavy (non-hydrogen) atoms. The molecule has 1 aromatic rings. The molecule has 0 aromatic heterocycles. The zero-order valence-corrected chi connectivity index (χ0v) is 12.2. The number of benzene rings is 1. The monoisotopic (exact) mass is 281 g/mol. The van der Waals surface area contributed by atoms with E-state index < -0.39 is 5.60 Å². The van der Waals surface area contributed by atoms with Crippen LogP contribution in [0.2, 0.25) is 5.02 Å². The van der Waals surface area contributed by atoms with Crippen LogP contribution in [0.4, 0.5) is 0 Å². The Labute approximate surface area is 119 Å². The van der Waals surface area contributed by atoms with Crippen molar-refractivity contribution in [2.45, 2.75) is 25.4 Å². The Balaban J connectivity index is 2.70. The summed E-state index contributed by atoms with van der Waals surface area (Å²) in [6.07, 6.45) is 2.84. The molecule has 1 N–H and O–H groups in total. The molecule has 104 valence electrons. The first-order chi connectivity index (χ1) is 9.01. The third-order valence-corrected chi connectivity index (χ3v) is 3.32. The maximum Gasteiger partial charge on any atom is 0.220 e. The van der Waals surface area contributed by atoms with Crippen LogP contribution < -0.4 is 5.32 Å². The van der Waals surface area contributed by atoms with Gasteiger partial charge in [0.25, 0.3) is 0 Å². The minimum atomic E-state index is -0.589. The van der Waals surface area contributed by atoms with Gasteiger partial charge in [-0.3, -0.25) is 4.79 Å². The van der Waals surface area contributed by atoms with Crippen molar-refractivity contribution < 1.29 is 9.53 Å². The van der Waals surface area contributed by atoms with Crippen LogP contribution in [0, 0.1) is 0 Å². The fourth-order valence-electron chi connectivity index (χ4n) is 1.70. The van der Waals surface area contributed by atoms with Crippen molar-refractivity contribution in [2.24, 2.45) is 0 Å². The van der Waals surface area contributed by atoms with Gasteiger partial charge in [0, 0.05) is 18.6 Å². The van der Waals surface area contributed by atoms with Crippen molar-refractivity contribution in [3.05, 3.63) is 47.5 Å². The highest BCUT2D eigenvalue weighted by Gasteiger charge is 2.26. The molecular formula is C15H20ClNO2. The summed E-state index contributed by atoms with van der Waals surface area (Å²) in [7, 11) is 1.62. The number of carbonyl (C=O) groups excluding carboxylic acids is 1. The van der Waals surface area contributed by atoms with Crippen molar-refractivity contribution in [3.8, 4) is 0 Å². The number of amides is 1. The highest BCUT2D eigenvalue weighted by molar-refractivity contribution is 6.30. The zero-order chi connectivity index (χ0) is 14.3. The van der Waals surface area contributed by atoms with Gasteiger partial charge in [-0.15, -0.1) is 6.58 Å². The number of hydrogen-bond acceptors (Lipinski definition) is 2. The summed E-state index contributed by atoms with van der Waals surface area (Å²) in [6.45, 7) is 5.92. The fraction of sp³-hybridized carbons (Fsp3) is 0.400. The van der Waals surface area contributed by atoms with Gasteiger partial charge in [0.2, 0.25) is 5.91 Å². The van der Waals surface area contributed by atoms with Crippen LogP contribution >= 0.6 is 11.6 Å². The smallest absolute Gasteiger partial charge is 0.220 e. The van der Waals surface area contributed by atoms with Crippen LogP contribution in [0.1, 0.15) is 25.3 Å². The molecule has 0 unspecified atom stereocenters. The molecule has 0 aliphatic rings. The van der Waals surface area contributed by atoms with Crippen LogP contribution in [-0.4, -0.2) is 19.6 Å². The number of nitrogens with one attached hydrogen (secondary N) is 1. The molecular weight excluding hydrogens is 262 g/mol. The number of allylic oxidation sites excluding steroid dienone is 1. The van der Waals surface area contributed by atoms with Gasteiger partial charge >= 0.3 is 0 Å². The predicted molar refractivity (Wildman–Crippen MR) is 78.3 cm³/mol. The molecule has 0 radical (unpaired) electrons. The van der Waals surface area contributed by atoms with Gasteiger partial charge in [-0.25, -0.2) is 0 Å². The maximum atomic E-state index is 11.6. The number of methoxy groups -OCH3 is 1. The predicted octanol–water partition coefficient (Wildman–Crippen LogP) is 3.28. The second kappa shape index (κ2) is 7.31. The first kappa shape index (κ1) is 15.7. The van der Waals surface area contributed by atoms with Crippen molar-refractivity contribution in [2.75, 3.05) is 13.7 Å². The van der Waals surface area contributed by atoms with E-state index in [1.54, 1.807) is 13.2 Å². The summed E-state index contributed by atoms with van der Waals surface area (Å²) in [5.41, 5.74) is 0.348. The van der Waals surface area contributed by atoms with Crippen LogP contribution in [-0.2, 0) is 15.1 Å². The Hall–Kier alpha value is -1.32. The second-order valence-corrected chi connectivity index (χ2v) is 4.99. The molecule has 0 bridgehead atoms. The molecule has 0 saturated carbocycles. The first-order valence-corrected chi connectivity index (χ1v) is 6.58. The second-order valence-electron chi connectivity index (χ2n) is 4.55. The van der Waals surface area contributed by atoms with Crippen molar-refractivity contribution in [1.82, 2.24) is 5.32 Å². The number of ether oxygens (including phenoxy) is 1. The molecule has 0 heterocycles. The van der Waals surface area contributed by atoms with E-state index in [1.165, 1.54) is 0 Å². The minimum Gasteiger partial charge on any atom is -0.372 e. The van der Waals surface area contributed by atoms with Crippen LogP contribution in [0.25, 0.3) is 0 Å². The molecule has 0 aliphatic heterocycles. The Kier molecular flexibility index (Phi) is 6.06. The molecule has 1 amide bonds. The summed E-state index contributed by atoms with van der Waals surface area (Å²) in [4.78, 5) is 11.6. The lowest BCUT2D eigenvalue weighted by Crippen LogP contribution is -2.40. The Bertz CT molecular complexity index is 448. The van der Waals surface area contributed by atoms with E-state index in [0.717, 1.165) is 5.56 Å². The summed E-state index contributed by atoms with van der Waals surface area (Å²) in [5.74, 6) is -0.00907. The quantitative estimate of drug-likeness (QED) is 0.779. The van der Waals surface area contributed by atoms with Gasteiger partial charge < -0.3 is 10.1 Å². The summed E-state index contributed by atoms with van der Waals surface area (Å²) >= 11 is 5.99. The minimum absolute atomic E-state index is 0.00907. The average Bonchev–Trinajstić information content (AvgIpc) is 2.42. The van der Waals surface area contributed by atoms with E-state index in [2.05, 4.69) is 11.9 Å². The summed E-state index contributed by atoms with van der Waals surface area (Å²) in [5, 5.41) is 3.52. The van der Waals surface area contributed by atoms with E-state index in [1.807, 2.05) is 31.2 Å². The van der Waals surface area contributed by atoms with E-state index >= 15 is 0 Å². The lowest BCUT2D eigenvalue weighted by atomic mass is 9.95. The van der Waals surface area contributed by atoms with E-state index in [-0.39, 0.29) is 5.91 Å². The molecule has 4 heteroatoms. The van der Waals surface area contributed by atoms with Gasteiger partial charge in [-0.05, 0) is 31.0 Å². The Morgan fingerprint density at radius 3 is 2.89 bits per heavy atom. The first-order valence-electron chi connectivity index (χ1n) is 6.20. The van der Waals surface area contributed by atoms with Gasteiger partial charge in [0.05, 0.1) is 6.54 Å². The van der Waals surface area contributed by atoms with E-state index in [9.17, 15) is 4.79 Å². The van der Waals surface area contributed by atoms with Crippen LogP contribution in [0.3, 0.4) is 0 Å². The summed E-state index contributed by atoms with van der Waals surface area (Å²) in [6, 6.07) is 7.46. The SMILES string of the molecule is C=CCCC(=O)NC[C@](C)(OC)c1cccc(Cl)c1. The Morgan fingerprint density at radius 2 is 2.32 bits per heavy atom. The van der Waals surface area contributed by atoms with Crippen LogP contribution in [0.5, 0.6) is 0 Å². The lowest BCUT2D eigenvalue weighted by molar-refractivity contribution is -0.122. The standard InChI is InChI=1S/C15H20ClNO2/c1-4-5-9-14(18)17-11-15(2,19-3)12-7-6-8-13(16)10-12/h4,6-8,10H,1,5,9,11H2,2-3H3,(H,17,18)/t15-/m0/s1. The number of carbonyl (C=O) groups is 1. The van der Waals surface area contributed by atoms with Gasteiger partial charge in [-0.2, -0.15) is 0 Å². The largest absolute Gasteiger partial charge is 0.372 e. The molecule has 1 atom stereocenters. The van der Waals surface area contributed by atoms with E-state index in [4.69, 9.17) is 16.3 Å². The molecule has 0 fully saturated rings. The molecule has 1 rings (SSSR count). The van der Waals surface area contributed by atoms with Gasteiger partial charge in [0.15, 0.2) is 0 Å². The van der Waals surface area contributed by atoms with Crippen molar-refractivity contribution >= 4 is 17.5 Å². The fourth-order valence-corrected chi connectivity index (χ4v) is 1.89. The van der Waals surface area contributed by atoms with Gasteiger partial charge in [0.1, 0.15) is 5.60 Å². The van der Waals surface area contributed by atoms with Crippen molar-refractivity contribution in [1.29, 1.82) is 0 Å². The molecule has 3 nitrogen and oxygen atoms in total. The van der Waals surface area contributed by atoms with Gasteiger partial charge in [-0.1, -0.05) is 29.8 Å². The average molecular weight is 282 g/mol. The molecule has 1 aromatic carbocycles. The topological polar surface area (TPSA) is 38.3 Å². The van der Waals surface area contributed by atoms with Crippen LogP contribution in [0.15, 0.2) is 36.9 Å². The Morgan fingerprint density at radius 1 is 1.58 bits per heavy atom. The highest BCUT2D eigenvalue weighted by Crippen LogP contribution is 2.26. The molecule has 0 aliphatic carbocycles. The van der Waals surface area contributed by atoms with E-state index in [0.29, 0.717) is 24.4 Å². The normalized spacial score (nSPS) is 13.6. The summed E-state index contributed by atoms with van der Waals surface area (Å²) < 4.78 is 5.54. The molecule has 0 spiro atoms. The number of halogens is 1. The zero-order valence-electron chi connectivity index (χ0n) is 11.4. The third kappa shape index (κ3) is 4.69. The number of rotatable bonds is 7. The van der Waals surface area contributed by atoms with Crippen molar-refractivity contribution in [3.63, 3.8) is 0 Å². The third-order valence-electron chi connectivity index (χ3n) is 3.08. The lowest BCUT2D eigenvalue weighted by Gasteiger charge is -2.29. The number of hydrogen-bond donors (Lipinski definition) is 1. The molecule has 0 saturated heterocycles. The highest BCUT2D eigenvalue weighted by atomic mass is 35.5.